The highest BCUT2D eigenvalue weighted by molar-refractivity contribution is 5.76. The summed E-state index contributed by atoms with van der Waals surface area (Å²) in [6, 6.07) is 10.3. The van der Waals surface area contributed by atoms with Crippen molar-refractivity contribution in [3.8, 4) is 0 Å². The van der Waals surface area contributed by atoms with E-state index in [1.165, 1.54) is 5.56 Å². The summed E-state index contributed by atoms with van der Waals surface area (Å²) in [6.45, 7) is 5.69. The first kappa shape index (κ1) is 13.1. The fraction of sp³-hybridized carbons (Fsp3) is 0.533. The summed E-state index contributed by atoms with van der Waals surface area (Å²) in [5.74, 6) is -0.138. The van der Waals surface area contributed by atoms with E-state index in [0.29, 0.717) is 0 Å². The maximum Gasteiger partial charge on any atom is 0.323 e. The van der Waals surface area contributed by atoms with Crippen molar-refractivity contribution in [3.63, 3.8) is 0 Å². The second-order valence-corrected chi connectivity index (χ2v) is 5.79. The van der Waals surface area contributed by atoms with Crippen LogP contribution in [0.1, 0.15) is 45.2 Å². The van der Waals surface area contributed by atoms with Gasteiger partial charge in [0, 0.05) is 6.04 Å². The first-order chi connectivity index (χ1) is 8.46. The van der Waals surface area contributed by atoms with E-state index in [1.807, 2.05) is 39.0 Å². The van der Waals surface area contributed by atoms with Gasteiger partial charge in [-0.15, -0.1) is 0 Å². The zero-order valence-corrected chi connectivity index (χ0v) is 11.3. The van der Waals surface area contributed by atoms with Gasteiger partial charge >= 0.3 is 5.97 Å². The number of rotatable bonds is 2. The van der Waals surface area contributed by atoms with Crippen LogP contribution in [0.25, 0.3) is 0 Å². The summed E-state index contributed by atoms with van der Waals surface area (Å²) in [5, 5.41) is 3.36. The molecule has 1 fully saturated rings. The molecule has 1 aliphatic heterocycles. The molecular formula is C15H21NO2. The Bertz CT molecular complexity index is 408. The fourth-order valence-corrected chi connectivity index (χ4v) is 2.25. The zero-order chi connectivity index (χ0) is 13.2. The molecule has 0 aliphatic carbocycles. The Kier molecular flexibility index (Phi) is 3.71. The molecule has 3 heteroatoms. The quantitative estimate of drug-likeness (QED) is 0.817. The minimum Gasteiger partial charge on any atom is -0.459 e. The third kappa shape index (κ3) is 3.33. The van der Waals surface area contributed by atoms with Crippen molar-refractivity contribution in [3.05, 3.63) is 35.9 Å². The van der Waals surface area contributed by atoms with Crippen molar-refractivity contribution < 1.29 is 9.53 Å². The van der Waals surface area contributed by atoms with Crippen molar-refractivity contribution in [2.75, 3.05) is 0 Å². The molecule has 0 aromatic heterocycles. The topological polar surface area (TPSA) is 38.3 Å². The van der Waals surface area contributed by atoms with E-state index < -0.39 is 5.60 Å². The van der Waals surface area contributed by atoms with E-state index in [1.54, 1.807) is 0 Å². The van der Waals surface area contributed by atoms with Gasteiger partial charge in [0.05, 0.1) is 0 Å². The normalized spacial score (nSPS) is 23.9. The molecule has 1 aromatic rings. The van der Waals surface area contributed by atoms with Crippen LogP contribution in [0, 0.1) is 0 Å². The van der Waals surface area contributed by atoms with Crippen LogP contribution in [0.4, 0.5) is 0 Å². The molecule has 0 amide bonds. The average Bonchev–Trinajstić information content (AvgIpc) is 2.77. The number of carbonyl (C=O) groups is 1. The van der Waals surface area contributed by atoms with E-state index in [4.69, 9.17) is 4.74 Å². The molecule has 0 saturated carbocycles. The molecule has 1 N–H and O–H groups in total. The molecule has 1 heterocycles. The summed E-state index contributed by atoms with van der Waals surface area (Å²) in [5.41, 5.74) is 0.826. The molecule has 0 radical (unpaired) electrons. The molecule has 2 rings (SSSR count). The number of esters is 1. The average molecular weight is 247 g/mol. The lowest BCUT2D eigenvalue weighted by Gasteiger charge is -2.22. The van der Waals surface area contributed by atoms with Crippen LogP contribution < -0.4 is 5.32 Å². The van der Waals surface area contributed by atoms with Gasteiger partial charge < -0.3 is 4.74 Å². The second kappa shape index (κ2) is 5.11. The standard InChI is InChI=1S/C15H21NO2/c1-15(2,3)18-14(17)13-10-9-12(16-13)11-7-5-4-6-8-11/h4-8,12-13,16H,9-10H2,1-3H3/t12-,13-/m1/s1. The predicted octanol–water partition coefficient (Wildman–Crippen LogP) is 2.82. The van der Waals surface area contributed by atoms with Crippen molar-refractivity contribution >= 4 is 5.97 Å². The summed E-state index contributed by atoms with van der Waals surface area (Å²) in [4.78, 5) is 12.0. The number of nitrogens with one attached hydrogen (secondary N) is 1. The van der Waals surface area contributed by atoms with Crippen molar-refractivity contribution in [2.24, 2.45) is 0 Å². The smallest absolute Gasteiger partial charge is 0.323 e. The highest BCUT2D eigenvalue weighted by Gasteiger charge is 2.32. The maximum absolute atomic E-state index is 12.0. The SMILES string of the molecule is CC(C)(C)OC(=O)[C@H]1CC[C@H](c2ccccc2)N1. The largest absolute Gasteiger partial charge is 0.459 e. The van der Waals surface area contributed by atoms with E-state index in [-0.39, 0.29) is 18.1 Å². The number of ether oxygens (including phenoxy) is 1. The minimum atomic E-state index is -0.413. The van der Waals surface area contributed by atoms with Crippen LogP contribution in [0.15, 0.2) is 30.3 Å². The fourth-order valence-electron chi connectivity index (χ4n) is 2.25. The third-order valence-corrected chi connectivity index (χ3v) is 3.04. The molecule has 0 bridgehead atoms. The molecule has 18 heavy (non-hydrogen) atoms. The molecule has 1 aliphatic rings. The van der Waals surface area contributed by atoms with Crippen LogP contribution >= 0.6 is 0 Å². The van der Waals surface area contributed by atoms with E-state index in [0.717, 1.165) is 12.8 Å². The Balaban J connectivity index is 1.95. The van der Waals surface area contributed by atoms with Gasteiger partial charge in [0.25, 0.3) is 0 Å². The van der Waals surface area contributed by atoms with Crippen molar-refractivity contribution in [1.82, 2.24) is 5.32 Å². The van der Waals surface area contributed by atoms with Crippen molar-refractivity contribution in [2.45, 2.75) is 51.3 Å². The summed E-state index contributed by atoms with van der Waals surface area (Å²) in [7, 11) is 0. The first-order valence-electron chi connectivity index (χ1n) is 6.49. The Hall–Kier alpha value is -1.35. The number of carbonyl (C=O) groups excluding carboxylic acids is 1. The Morgan fingerprint density at radius 3 is 2.50 bits per heavy atom. The Morgan fingerprint density at radius 1 is 1.22 bits per heavy atom. The monoisotopic (exact) mass is 247 g/mol. The van der Waals surface area contributed by atoms with Gasteiger partial charge in [-0.3, -0.25) is 10.1 Å². The van der Waals surface area contributed by atoms with Gasteiger partial charge in [0.15, 0.2) is 0 Å². The molecule has 1 saturated heterocycles. The molecule has 98 valence electrons. The highest BCUT2D eigenvalue weighted by atomic mass is 16.6. The highest BCUT2D eigenvalue weighted by Crippen LogP contribution is 2.27. The van der Waals surface area contributed by atoms with Gasteiger partial charge in [-0.25, -0.2) is 0 Å². The van der Waals surface area contributed by atoms with Crippen LogP contribution in [0.3, 0.4) is 0 Å². The third-order valence-electron chi connectivity index (χ3n) is 3.04. The van der Waals surface area contributed by atoms with Crippen LogP contribution in [-0.2, 0) is 9.53 Å². The van der Waals surface area contributed by atoms with E-state index in [2.05, 4.69) is 17.4 Å². The lowest BCUT2D eigenvalue weighted by molar-refractivity contribution is -0.157. The predicted molar refractivity (Wildman–Crippen MR) is 71.2 cm³/mol. The number of benzene rings is 1. The van der Waals surface area contributed by atoms with Gasteiger partial charge in [0.1, 0.15) is 11.6 Å². The second-order valence-electron chi connectivity index (χ2n) is 5.79. The van der Waals surface area contributed by atoms with Crippen LogP contribution in [0.5, 0.6) is 0 Å². The van der Waals surface area contributed by atoms with Crippen LogP contribution in [0.2, 0.25) is 0 Å². The van der Waals surface area contributed by atoms with Gasteiger partial charge in [-0.2, -0.15) is 0 Å². The van der Waals surface area contributed by atoms with Crippen molar-refractivity contribution in [1.29, 1.82) is 0 Å². The van der Waals surface area contributed by atoms with E-state index in [9.17, 15) is 4.79 Å². The first-order valence-corrected chi connectivity index (χ1v) is 6.49. The minimum absolute atomic E-state index is 0.138. The van der Waals surface area contributed by atoms with Crippen LogP contribution in [-0.4, -0.2) is 17.6 Å². The number of hydrogen-bond donors (Lipinski definition) is 1. The molecule has 0 spiro atoms. The van der Waals surface area contributed by atoms with Gasteiger partial charge in [-0.1, -0.05) is 30.3 Å². The molecule has 0 unspecified atom stereocenters. The zero-order valence-electron chi connectivity index (χ0n) is 11.3. The van der Waals surface area contributed by atoms with Gasteiger partial charge in [-0.05, 0) is 39.2 Å². The molecule has 3 nitrogen and oxygen atoms in total. The summed E-state index contributed by atoms with van der Waals surface area (Å²) in [6.07, 6.45) is 1.82. The summed E-state index contributed by atoms with van der Waals surface area (Å²) < 4.78 is 5.40. The van der Waals surface area contributed by atoms with E-state index >= 15 is 0 Å². The van der Waals surface area contributed by atoms with Gasteiger partial charge in [0.2, 0.25) is 0 Å². The molecular weight excluding hydrogens is 226 g/mol. The number of hydrogen-bond acceptors (Lipinski definition) is 3. The lowest BCUT2D eigenvalue weighted by atomic mass is 10.1. The Labute approximate surface area is 109 Å². The molecule has 2 atom stereocenters. The molecule has 1 aromatic carbocycles. The maximum atomic E-state index is 12.0. The summed E-state index contributed by atoms with van der Waals surface area (Å²) >= 11 is 0. The Morgan fingerprint density at radius 2 is 1.89 bits per heavy atom. The lowest BCUT2D eigenvalue weighted by Crippen LogP contribution is -2.38.